The summed E-state index contributed by atoms with van der Waals surface area (Å²) in [5.74, 6) is -0.493. The van der Waals surface area contributed by atoms with Gasteiger partial charge in [-0.15, -0.1) is 0 Å². The molecule has 0 radical (unpaired) electrons. The fourth-order valence-corrected chi connectivity index (χ4v) is 2.68. The molecular weight excluding hydrogens is 407 g/mol. The number of anilines is 1. The van der Waals surface area contributed by atoms with Crippen molar-refractivity contribution in [3.63, 3.8) is 0 Å². The first-order valence-electron chi connectivity index (χ1n) is 8.06. The Hall–Kier alpha value is -3.04. The molecule has 0 atom stereocenters. The number of halogens is 2. The van der Waals surface area contributed by atoms with E-state index in [1.165, 1.54) is 28.7 Å². The van der Waals surface area contributed by atoms with Gasteiger partial charge in [0, 0.05) is 26.5 Å². The van der Waals surface area contributed by atoms with Crippen LogP contribution in [0.2, 0.25) is 10.0 Å². The highest BCUT2D eigenvalue weighted by atomic mass is 35.5. The van der Waals surface area contributed by atoms with Crippen LogP contribution in [0.5, 0.6) is 5.75 Å². The van der Waals surface area contributed by atoms with Gasteiger partial charge >= 0.3 is 0 Å². The summed E-state index contributed by atoms with van der Waals surface area (Å²) in [6.45, 7) is 0.0315. The Morgan fingerprint density at radius 3 is 2.71 bits per heavy atom. The summed E-state index contributed by atoms with van der Waals surface area (Å²) in [5, 5.41) is 14.0. The molecule has 2 N–H and O–H groups in total. The number of carbonyl (C=O) groups excluding carboxylic acids is 2. The third-order valence-corrected chi connectivity index (χ3v) is 4.46. The van der Waals surface area contributed by atoms with Crippen molar-refractivity contribution in [1.82, 2.24) is 24.9 Å². The first-order valence-corrected chi connectivity index (χ1v) is 8.82. The van der Waals surface area contributed by atoms with Gasteiger partial charge in [-0.25, -0.2) is 4.68 Å². The highest BCUT2D eigenvalue weighted by Crippen LogP contribution is 2.31. The minimum absolute atomic E-state index is 0.0315. The van der Waals surface area contributed by atoms with Gasteiger partial charge in [-0.1, -0.05) is 29.3 Å². The summed E-state index contributed by atoms with van der Waals surface area (Å²) in [6, 6.07) is 6.56. The number of carbonyl (C=O) groups is 2. The molecule has 9 nitrogen and oxygen atoms in total. The molecule has 0 aliphatic heterocycles. The van der Waals surface area contributed by atoms with Crippen molar-refractivity contribution in [2.75, 3.05) is 12.4 Å². The molecule has 2 amide bonds. The Morgan fingerprint density at radius 2 is 1.96 bits per heavy atom. The molecular formula is C17H16Cl2N6O3. The summed E-state index contributed by atoms with van der Waals surface area (Å²) in [7, 11) is 3.13. The maximum Gasteiger partial charge on any atom is 0.276 e. The van der Waals surface area contributed by atoms with Crippen LogP contribution in [0.25, 0.3) is 0 Å². The molecule has 2 heterocycles. The minimum Gasteiger partial charge on any atom is -0.470 e. The molecule has 11 heteroatoms. The molecule has 0 aliphatic carbocycles. The fraction of sp³-hybridized carbons (Fsp3) is 0.176. The maximum atomic E-state index is 12.4. The van der Waals surface area contributed by atoms with Crippen molar-refractivity contribution in [2.45, 2.75) is 6.73 Å². The van der Waals surface area contributed by atoms with Gasteiger partial charge in [0.15, 0.2) is 18.1 Å². The number of rotatable bonds is 6. The van der Waals surface area contributed by atoms with Gasteiger partial charge < -0.3 is 15.4 Å². The molecule has 146 valence electrons. The predicted octanol–water partition coefficient (Wildman–Crippen LogP) is 2.57. The van der Waals surface area contributed by atoms with Crippen molar-refractivity contribution in [1.29, 1.82) is 0 Å². The highest BCUT2D eigenvalue weighted by molar-refractivity contribution is 6.42. The third-order valence-electron chi connectivity index (χ3n) is 3.66. The van der Waals surface area contributed by atoms with Gasteiger partial charge in [-0.2, -0.15) is 10.2 Å². The minimum atomic E-state index is -0.488. The number of nitrogens with zero attached hydrogens (tertiary/aromatic N) is 4. The molecule has 3 aromatic rings. The van der Waals surface area contributed by atoms with E-state index in [1.807, 2.05) is 0 Å². The third kappa shape index (κ3) is 4.26. The lowest BCUT2D eigenvalue weighted by Gasteiger charge is -2.08. The average molecular weight is 423 g/mol. The molecule has 0 aliphatic rings. The van der Waals surface area contributed by atoms with E-state index in [2.05, 4.69) is 20.8 Å². The predicted molar refractivity (Wildman–Crippen MR) is 104 cm³/mol. The van der Waals surface area contributed by atoms with E-state index in [4.69, 9.17) is 27.9 Å². The zero-order valence-electron chi connectivity index (χ0n) is 14.9. The number of amides is 2. The topological polar surface area (TPSA) is 103 Å². The number of ether oxygens (including phenoxy) is 1. The van der Waals surface area contributed by atoms with Crippen LogP contribution in [0.1, 0.15) is 21.0 Å². The number of aryl methyl sites for hydroxylation is 1. The highest BCUT2D eigenvalue weighted by Gasteiger charge is 2.19. The monoisotopic (exact) mass is 422 g/mol. The SMILES string of the molecule is CNC(=O)c1nn(C)cc1NC(=O)c1ccn(COc2cccc(Cl)c2Cl)n1. The summed E-state index contributed by atoms with van der Waals surface area (Å²) in [5.41, 5.74) is 0.535. The van der Waals surface area contributed by atoms with Crippen LogP contribution in [-0.2, 0) is 13.8 Å². The first kappa shape index (κ1) is 19.7. The van der Waals surface area contributed by atoms with E-state index < -0.39 is 11.8 Å². The van der Waals surface area contributed by atoms with Crippen molar-refractivity contribution >= 4 is 40.7 Å². The molecule has 28 heavy (non-hydrogen) atoms. The standard InChI is InChI=1S/C17H16Cl2N6O3/c1-20-17(27)15-12(8-24(2)23-15)21-16(26)11-6-7-25(22-11)9-28-13-5-3-4-10(18)14(13)19/h3-8H,9H2,1-2H3,(H,20,27)(H,21,26). The van der Waals surface area contributed by atoms with Crippen LogP contribution in [0, 0.1) is 0 Å². The molecule has 0 saturated heterocycles. The van der Waals surface area contributed by atoms with Gasteiger partial charge in [0.05, 0.1) is 10.7 Å². The normalized spacial score (nSPS) is 10.6. The van der Waals surface area contributed by atoms with Crippen LogP contribution in [0.15, 0.2) is 36.7 Å². The Balaban J connectivity index is 1.68. The van der Waals surface area contributed by atoms with E-state index in [0.29, 0.717) is 15.8 Å². The molecule has 0 saturated carbocycles. The first-order chi connectivity index (χ1) is 13.4. The molecule has 0 spiro atoms. The van der Waals surface area contributed by atoms with E-state index in [-0.39, 0.29) is 23.8 Å². The smallest absolute Gasteiger partial charge is 0.276 e. The van der Waals surface area contributed by atoms with Crippen molar-refractivity contribution in [3.05, 3.63) is 58.1 Å². The zero-order valence-corrected chi connectivity index (χ0v) is 16.5. The van der Waals surface area contributed by atoms with Gasteiger partial charge in [0.2, 0.25) is 0 Å². The second kappa shape index (κ2) is 8.32. The van der Waals surface area contributed by atoms with Crippen LogP contribution in [0.3, 0.4) is 0 Å². The van der Waals surface area contributed by atoms with Gasteiger partial charge in [-0.3, -0.25) is 14.3 Å². The number of hydrogen-bond donors (Lipinski definition) is 2. The Bertz CT molecular complexity index is 1030. The number of benzene rings is 1. The largest absolute Gasteiger partial charge is 0.470 e. The molecule has 3 rings (SSSR count). The van der Waals surface area contributed by atoms with Crippen molar-refractivity contribution in [3.8, 4) is 5.75 Å². The zero-order chi connectivity index (χ0) is 20.3. The Labute approximate surface area is 170 Å². The second-order valence-corrected chi connectivity index (χ2v) is 6.45. The second-order valence-electron chi connectivity index (χ2n) is 5.66. The van der Waals surface area contributed by atoms with E-state index in [9.17, 15) is 9.59 Å². The van der Waals surface area contributed by atoms with Gasteiger partial charge in [0.1, 0.15) is 10.8 Å². The molecule has 0 unspecified atom stereocenters. The van der Waals surface area contributed by atoms with Crippen LogP contribution in [0.4, 0.5) is 5.69 Å². The summed E-state index contributed by atoms with van der Waals surface area (Å²) < 4.78 is 8.43. The van der Waals surface area contributed by atoms with E-state index >= 15 is 0 Å². The van der Waals surface area contributed by atoms with E-state index in [1.54, 1.807) is 31.4 Å². The molecule has 0 bridgehead atoms. The van der Waals surface area contributed by atoms with Crippen LogP contribution in [-0.4, -0.2) is 38.4 Å². The lowest BCUT2D eigenvalue weighted by atomic mass is 10.3. The van der Waals surface area contributed by atoms with Gasteiger partial charge in [-0.05, 0) is 18.2 Å². The number of aromatic nitrogens is 4. The summed E-state index contributed by atoms with van der Waals surface area (Å²) >= 11 is 12.0. The molecule has 1 aromatic carbocycles. The average Bonchev–Trinajstić information content (AvgIpc) is 3.29. The summed E-state index contributed by atoms with van der Waals surface area (Å²) in [4.78, 5) is 24.3. The van der Waals surface area contributed by atoms with Crippen LogP contribution >= 0.6 is 23.2 Å². The lowest BCUT2D eigenvalue weighted by Crippen LogP contribution is -2.21. The Kier molecular flexibility index (Phi) is 5.86. The van der Waals surface area contributed by atoms with Crippen molar-refractivity contribution < 1.29 is 14.3 Å². The molecule has 2 aromatic heterocycles. The quantitative estimate of drug-likeness (QED) is 0.635. The number of hydrogen-bond acceptors (Lipinski definition) is 5. The molecule has 0 fully saturated rings. The maximum absolute atomic E-state index is 12.4. The van der Waals surface area contributed by atoms with Gasteiger partial charge in [0.25, 0.3) is 11.8 Å². The van der Waals surface area contributed by atoms with Crippen LogP contribution < -0.4 is 15.4 Å². The fourth-order valence-electron chi connectivity index (χ4n) is 2.34. The summed E-state index contributed by atoms with van der Waals surface area (Å²) in [6.07, 6.45) is 3.11. The lowest BCUT2D eigenvalue weighted by molar-refractivity contribution is 0.0958. The van der Waals surface area contributed by atoms with E-state index in [0.717, 1.165) is 0 Å². The van der Waals surface area contributed by atoms with Crippen molar-refractivity contribution in [2.24, 2.45) is 7.05 Å². The Morgan fingerprint density at radius 1 is 1.18 bits per heavy atom. The number of nitrogens with one attached hydrogen (secondary N) is 2.